The fourth-order valence-corrected chi connectivity index (χ4v) is 7.44. The first-order valence-corrected chi connectivity index (χ1v) is 10.6. The number of nitrogens with one attached hydrogen (secondary N) is 2. The van der Waals surface area contributed by atoms with E-state index >= 15 is 0 Å². The summed E-state index contributed by atoms with van der Waals surface area (Å²) in [5.41, 5.74) is 0.964. The molecule has 1 aromatic heterocycles. The van der Waals surface area contributed by atoms with Crippen molar-refractivity contribution in [2.75, 3.05) is 0 Å². The molecule has 2 heterocycles. The van der Waals surface area contributed by atoms with E-state index in [1.165, 1.54) is 19.3 Å². The van der Waals surface area contributed by atoms with Crippen LogP contribution in [-0.4, -0.2) is 22.7 Å². The molecule has 0 bridgehead atoms. The molecule has 27 heavy (non-hydrogen) atoms. The zero-order chi connectivity index (χ0) is 18.8. The van der Waals surface area contributed by atoms with E-state index in [9.17, 15) is 9.59 Å². The summed E-state index contributed by atoms with van der Waals surface area (Å²) in [6, 6.07) is 4.12. The third-order valence-corrected chi connectivity index (χ3v) is 8.87. The molecule has 0 aromatic carbocycles. The van der Waals surface area contributed by atoms with Gasteiger partial charge in [0.15, 0.2) is 5.78 Å². The molecule has 7 atom stereocenters. The van der Waals surface area contributed by atoms with Crippen molar-refractivity contribution in [1.29, 1.82) is 0 Å². The molecule has 5 rings (SSSR count). The number of carbonyl (C=O) groups is 2. The van der Waals surface area contributed by atoms with E-state index in [2.05, 4.69) is 30.2 Å². The standard InChI is InChI=1S/C23H30N2O2/c1-22-11-9-16-14(5-8-19-23(16,2)12-10-20(26)25-19)15(22)6-7-17(22)21(27)18-4-3-13-24-18/h3-4,10,12-17,19,24H,5-9,11H2,1-2H3,(H,25,26)/t14-,15-,16-,17+,19?,22-,23+/m0/s1. The van der Waals surface area contributed by atoms with Gasteiger partial charge in [-0.3, -0.25) is 9.59 Å². The Labute approximate surface area is 161 Å². The maximum Gasteiger partial charge on any atom is 0.243 e. The third-order valence-electron chi connectivity index (χ3n) is 8.87. The van der Waals surface area contributed by atoms with E-state index in [-0.39, 0.29) is 28.7 Å². The Morgan fingerprint density at radius 3 is 2.74 bits per heavy atom. The molecule has 0 radical (unpaired) electrons. The normalized spacial score (nSPS) is 45.6. The van der Waals surface area contributed by atoms with E-state index < -0.39 is 0 Å². The largest absolute Gasteiger partial charge is 0.359 e. The molecule has 0 spiro atoms. The zero-order valence-corrected chi connectivity index (χ0v) is 16.3. The number of aromatic amines is 1. The first-order chi connectivity index (χ1) is 12.9. The minimum Gasteiger partial charge on any atom is -0.359 e. The van der Waals surface area contributed by atoms with Crippen molar-refractivity contribution in [2.24, 2.45) is 34.5 Å². The van der Waals surface area contributed by atoms with E-state index in [1.807, 2.05) is 18.3 Å². The molecule has 1 aromatic rings. The monoisotopic (exact) mass is 366 g/mol. The minimum atomic E-state index is 0.0639. The molecule has 3 fully saturated rings. The van der Waals surface area contributed by atoms with Gasteiger partial charge in [0.1, 0.15) is 0 Å². The van der Waals surface area contributed by atoms with E-state index in [1.54, 1.807) is 6.08 Å². The molecule has 4 aliphatic rings. The van der Waals surface area contributed by atoms with Crippen molar-refractivity contribution < 1.29 is 9.59 Å². The lowest BCUT2D eigenvalue weighted by Crippen LogP contribution is -2.59. The smallest absolute Gasteiger partial charge is 0.243 e. The van der Waals surface area contributed by atoms with Crippen LogP contribution in [0.5, 0.6) is 0 Å². The van der Waals surface area contributed by atoms with Crippen LogP contribution in [0.15, 0.2) is 30.5 Å². The van der Waals surface area contributed by atoms with Gasteiger partial charge in [0.25, 0.3) is 0 Å². The van der Waals surface area contributed by atoms with Gasteiger partial charge >= 0.3 is 0 Å². The fraction of sp³-hybridized carbons (Fsp3) is 0.652. The van der Waals surface area contributed by atoms with Crippen molar-refractivity contribution in [1.82, 2.24) is 10.3 Å². The summed E-state index contributed by atoms with van der Waals surface area (Å²) in [5.74, 6) is 2.44. The molecule has 2 N–H and O–H groups in total. The number of rotatable bonds is 2. The SMILES string of the molecule is C[C@]12CC[C@H]3[C@@H](CCC4NC(=O)C=C[C@@]43C)[C@@H]1CC[C@@H]2C(=O)c1ccc[nH]1. The highest BCUT2D eigenvalue weighted by molar-refractivity contribution is 5.97. The van der Waals surface area contributed by atoms with Gasteiger partial charge in [0.2, 0.25) is 5.91 Å². The van der Waals surface area contributed by atoms with Crippen molar-refractivity contribution in [3.05, 3.63) is 36.2 Å². The van der Waals surface area contributed by atoms with Gasteiger partial charge in [0, 0.05) is 23.6 Å². The van der Waals surface area contributed by atoms with Crippen LogP contribution in [0.2, 0.25) is 0 Å². The number of carbonyl (C=O) groups excluding carboxylic acids is 2. The van der Waals surface area contributed by atoms with Gasteiger partial charge in [-0.05, 0) is 79.9 Å². The number of aromatic nitrogens is 1. The predicted octanol–water partition coefficient (Wildman–Crippen LogP) is 4.11. The van der Waals surface area contributed by atoms with Gasteiger partial charge in [-0.1, -0.05) is 19.9 Å². The first-order valence-electron chi connectivity index (χ1n) is 10.6. The summed E-state index contributed by atoms with van der Waals surface area (Å²) in [6.45, 7) is 4.74. The predicted molar refractivity (Wildman–Crippen MR) is 104 cm³/mol. The second-order valence-electron chi connectivity index (χ2n) is 9.84. The number of fused-ring (bicyclic) bond motifs is 5. The third kappa shape index (κ3) is 2.34. The van der Waals surface area contributed by atoms with Crippen molar-refractivity contribution in [3.63, 3.8) is 0 Å². The average molecular weight is 367 g/mol. The molecular weight excluding hydrogens is 336 g/mol. The lowest BCUT2D eigenvalue weighted by molar-refractivity contribution is -0.122. The molecule has 4 nitrogen and oxygen atoms in total. The second-order valence-corrected chi connectivity index (χ2v) is 9.84. The lowest BCUT2D eigenvalue weighted by Gasteiger charge is -2.58. The van der Waals surface area contributed by atoms with Gasteiger partial charge in [-0.2, -0.15) is 0 Å². The Hall–Kier alpha value is -1.84. The van der Waals surface area contributed by atoms with Crippen LogP contribution in [0.25, 0.3) is 0 Å². The topological polar surface area (TPSA) is 62.0 Å². The number of amides is 1. The van der Waals surface area contributed by atoms with Crippen LogP contribution in [0.1, 0.15) is 62.9 Å². The van der Waals surface area contributed by atoms with Crippen LogP contribution < -0.4 is 5.32 Å². The molecule has 1 aliphatic heterocycles. The Kier molecular flexibility index (Phi) is 3.73. The molecule has 3 aliphatic carbocycles. The molecule has 4 heteroatoms. The highest BCUT2D eigenvalue weighted by Crippen LogP contribution is 2.65. The van der Waals surface area contributed by atoms with Crippen LogP contribution in [0.4, 0.5) is 0 Å². The molecule has 1 amide bonds. The fourth-order valence-electron chi connectivity index (χ4n) is 7.44. The molecule has 0 saturated heterocycles. The summed E-state index contributed by atoms with van der Waals surface area (Å²) >= 11 is 0. The summed E-state index contributed by atoms with van der Waals surface area (Å²) in [7, 11) is 0. The van der Waals surface area contributed by atoms with Crippen molar-refractivity contribution in [2.45, 2.75) is 58.4 Å². The molecular formula is C23H30N2O2. The highest BCUT2D eigenvalue weighted by atomic mass is 16.1. The van der Waals surface area contributed by atoms with Crippen LogP contribution in [-0.2, 0) is 4.79 Å². The van der Waals surface area contributed by atoms with Gasteiger partial charge in [-0.15, -0.1) is 0 Å². The van der Waals surface area contributed by atoms with Crippen LogP contribution in [0.3, 0.4) is 0 Å². The van der Waals surface area contributed by atoms with Gasteiger partial charge in [0.05, 0.1) is 5.69 Å². The number of Topliss-reactive ketones (excluding diaryl/α,β-unsaturated/α-hetero) is 1. The number of ketones is 1. The van der Waals surface area contributed by atoms with Crippen LogP contribution >= 0.6 is 0 Å². The van der Waals surface area contributed by atoms with Crippen molar-refractivity contribution >= 4 is 11.7 Å². The maximum absolute atomic E-state index is 13.2. The Balaban J connectivity index is 1.44. The Morgan fingerprint density at radius 2 is 1.96 bits per heavy atom. The second kappa shape index (κ2) is 5.83. The van der Waals surface area contributed by atoms with Crippen LogP contribution in [0, 0.1) is 34.5 Å². The minimum absolute atomic E-state index is 0.0639. The number of hydrogen-bond donors (Lipinski definition) is 2. The van der Waals surface area contributed by atoms with Crippen molar-refractivity contribution in [3.8, 4) is 0 Å². The Morgan fingerprint density at radius 1 is 1.11 bits per heavy atom. The Bertz CT molecular complexity index is 797. The highest BCUT2D eigenvalue weighted by Gasteiger charge is 2.60. The zero-order valence-electron chi connectivity index (χ0n) is 16.3. The quantitative estimate of drug-likeness (QED) is 0.774. The molecule has 3 saturated carbocycles. The summed E-state index contributed by atoms with van der Waals surface area (Å²) in [6.07, 6.45) is 12.5. The number of hydrogen-bond acceptors (Lipinski definition) is 2. The molecule has 144 valence electrons. The molecule has 1 unspecified atom stereocenters. The summed E-state index contributed by atoms with van der Waals surface area (Å²) in [5, 5.41) is 3.22. The maximum atomic E-state index is 13.2. The number of H-pyrrole nitrogens is 1. The van der Waals surface area contributed by atoms with E-state index in [4.69, 9.17) is 0 Å². The van der Waals surface area contributed by atoms with E-state index in [0.717, 1.165) is 25.0 Å². The first kappa shape index (κ1) is 17.3. The van der Waals surface area contributed by atoms with Gasteiger partial charge in [-0.25, -0.2) is 0 Å². The van der Waals surface area contributed by atoms with E-state index in [0.29, 0.717) is 23.5 Å². The lowest BCUT2D eigenvalue weighted by atomic mass is 9.47. The summed E-state index contributed by atoms with van der Waals surface area (Å²) < 4.78 is 0. The summed E-state index contributed by atoms with van der Waals surface area (Å²) in [4.78, 5) is 28.1. The average Bonchev–Trinajstić information content (AvgIpc) is 3.29. The van der Waals surface area contributed by atoms with Gasteiger partial charge < -0.3 is 10.3 Å².